The number of aromatic nitrogens is 5. The van der Waals surface area contributed by atoms with Gasteiger partial charge in [-0.05, 0) is 13.0 Å². The van der Waals surface area contributed by atoms with Crippen molar-refractivity contribution in [3.8, 4) is 10.8 Å². The number of nitrogens with one attached hydrogen (secondary N) is 1. The molecule has 3 rings (SSSR count). The second-order valence-electron chi connectivity index (χ2n) is 4.71. The summed E-state index contributed by atoms with van der Waals surface area (Å²) in [5.41, 5.74) is 1.63. The normalized spacial score (nSPS) is 10.6. The second kappa shape index (κ2) is 6.02. The molecule has 0 aromatic carbocycles. The number of nitrogens with zero attached hydrogens (tertiary/aromatic N) is 5. The molecule has 8 heteroatoms. The number of hydrogen-bond donors (Lipinski definition) is 1. The first-order valence-electron chi connectivity index (χ1n) is 6.64. The third-order valence-electron chi connectivity index (χ3n) is 2.97. The van der Waals surface area contributed by atoms with Crippen LogP contribution in [0.15, 0.2) is 30.9 Å². The van der Waals surface area contributed by atoms with E-state index in [9.17, 15) is 4.79 Å². The topological polar surface area (TPSA) is 85.6 Å². The summed E-state index contributed by atoms with van der Waals surface area (Å²) in [5.74, 6) is 0.378. The lowest BCUT2D eigenvalue weighted by molar-refractivity contribution is 0.0954. The van der Waals surface area contributed by atoms with Crippen LogP contribution in [0, 0.1) is 6.92 Å². The van der Waals surface area contributed by atoms with Crippen molar-refractivity contribution >= 4 is 17.2 Å². The molecular formula is C14H14N6OS. The summed E-state index contributed by atoms with van der Waals surface area (Å²) in [4.78, 5) is 25.5. The van der Waals surface area contributed by atoms with Gasteiger partial charge < -0.3 is 5.32 Å². The van der Waals surface area contributed by atoms with Gasteiger partial charge in [-0.15, -0.1) is 11.3 Å². The lowest BCUT2D eigenvalue weighted by atomic mass is 10.3. The van der Waals surface area contributed by atoms with Crippen LogP contribution in [-0.2, 0) is 13.6 Å². The number of carbonyl (C=O) groups is 1. The molecule has 0 unspecified atom stereocenters. The largest absolute Gasteiger partial charge is 0.347 e. The molecule has 0 aliphatic rings. The third-order valence-corrected chi connectivity index (χ3v) is 4.12. The van der Waals surface area contributed by atoms with Crippen molar-refractivity contribution in [2.75, 3.05) is 0 Å². The van der Waals surface area contributed by atoms with Crippen LogP contribution in [0.4, 0.5) is 0 Å². The number of rotatable bonds is 4. The summed E-state index contributed by atoms with van der Waals surface area (Å²) in [6.45, 7) is 2.24. The van der Waals surface area contributed by atoms with Gasteiger partial charge in [0.15, 0.2) is 10.8 Å². The summed E-state index contributed by atoms with van der Waals surface area (Å²) in [6.07, 6.45) is 6.90. The Bertz CT molecular complexity index is 795. The van der Waals surface area contributed by atoms with Crippen LogP contribution >= 0.6 is 11.3 Å². The van der Waals surface area contributed by atoms with E-state index in [0.29, 0.717) is 27.9 Å². The lowest BCUT2D eigenvalue weighted by Gasteiger charge is -2.01. The molecule has 0 bridgehead atoms. The predicted octanol–water partition coefficient (Wildman–Crippen LogP) is 1.57. The van der Waals surface area contributed by atoms with Crippen molar-refractivity contribution in [3.63, 3.8) is 0 Å². The van der Waals surface area contributed by atoms with Crippen LogP contribution in [0.25, 0.3) is 10.8 Å². The van der Waals surface area contributed by atoms with E-state index in [2.05, 4.69) is 25.4 Å². The first-order chi connectivity index (χ1) is 10.6. The standard InChI is InChI=1S/C14H14N6OS/c1-9-11(13(21)17-6-10-7-18-20(2)8-10)22-14(19-9)12-15-4-3-5-16-12/h3-5,7-8H,6H2,1-2H3,(H,17,21). The number of hydrogen-bond acceptors (Lipinski definition) is 6. The zero-order valence-corrected chi connectivity index (χ0v) is 13.0. The minimum atomic E-state index is -0.152. The zero-order chi connectivity index (χ0) is 15.5. The predicted molar refractivity (Wildman–Crippen MR) is 82.3 cm³/mol. The van der Waals surface area contributed by atoms with Gasteiger partial charge in [-0.1, -0.05) is 0 Å². The lowest BCUT2D eigenvalue weighted by Crippen LogP contribution is -2.22. The molecule has 3 aromatic heterocycles. The highest BCUT2D eigenvalue weighted by Crippen LogP contribution is 2.25. The maximum atomic E-state index is 12.3. The molecule has 0 atom stereocenters. The number of carbonyl (C=O) groups excluding carboxylic acids is 1. The van der Waals surface area contributed by atoms with E-state index in [0.717, 1.165) is 5.56 Å². The molecule has 0 aliphatic carbocycles. The maximum absolute atomic E-state index is 12.3. The van der Waals surface area contributed by atoms with Gasteiger partial charge in [-0.3, -0.25) is 9.48 Å². The van der Waals surface area contributed by atoms with Crippen molar-refractivity contribution in [3.05, 3.63) is 47.0 Å². The average molecular weight is 314 g/mol. The minimum absolute atomic E-state index is 0.152. The molecule has 0 spiro atoms. The van der Waals surface area contributed by atoms with Gasteiger partial charge in [0.2, 0.25) is 0 Å². The molecule has 3 heterocycles. The minimum Gasteiger partial charge on any atom is -0.347 e. The maximum Gasteiger partial charge on any atom is 0.263 e. The fourth-order valence-electron chi connectivity index (χ4n) is 1.94. The van der Waals surface area contributed by atoms with E-state index < -0.39 is 0 Å². The molecule has 0 fully saturated rings. The molecule has 1 N–H and O–H groups in total. The highest BCUT2D eigenvalue weighted by atomic mass is 32.1. The number of amides is 1. The van der Waals surface area contributed by atoms with Gasteiger partial charge >= 0.3 is 0 Å². The number of thiazole rings is 1. The summed E-state index contributed by atoms with van der Waals surface area (Å²) >= 11 is 1.29. The zero-order valence-electron chi connectivity index (χ0n) is 12.1. The van der Waals surface area contributed by atoms with Crippen LogP contribution in [0.2, 0.25) is 0 Å². The molecular weight excluding hydrogens is 300 g/mol. The molecule has 0 saturated carbocycles. The van der Waals surface area contributed by atoms with E-state index >= 15 is 0 Å². The van der Waals surface area contributed by atoms with Gasteiger partial charge in [-0.2, -0.15) is 5.10 Å². The van der Waals surface area contributed by atoms with Gasteiger partial charge in [-0.25, -0.2) is 15.0 Å². The molecule has 0 radical (unpaired) electrons. The van der Waals surface area contributed by atoms with Crippen LogP contribution in [0.3, 0.4) is 0 Å². The van der Waals surface area contributed by atoms with E-state index in [1.54, 1.807) is 29.3 Å². The monoisotopic (exact) mass is 314 g/mol. The molecule has 112 valence electrons. The van der Waals surface area contributed by atoms with Crippen molar-refractivity contribution in [2.45, 2.75) is 13.5 Å². The van der Waals surface area contributed by atoms with Crippen molar-refractivity contribution in [1.29, 1.82) is 0 Å². The Morgan fingerprint density at radius 1 is 1.36 bits per heavy atom. The Hall–Kier alpha value is -2.61. The Balaban J connectivity index is 1.74. The Kier molecular flexibility index (Phi) is 3.92. The Morgan fingerprint density at radius 3 is 2.82 bits per heavy atom. The van der Waals surface area contributed by atoms with Crippen LogP contribution in [0.1, 0.15) is 20.9 Å². The van der Waals surface area contributed by atoms with Gasteiger partial charge in [0.25, 0.3) is 5.91 Å². The average Bonchev–Trinajstić information content (AvgIpc) is 3.12. The summed E-state index contributed by atoms with van der Waals surface area (Å²) in [5, 5.41) is 7.58. The van der Waals surface area contributed by atoms with Crippen molar-refractivity contribution in [2.24, 2.45) is 7.05 Å². The molecule has 0 aliphatic heterocycles. The summed E-state index contributed by atoms with van der Waals surface area (Å²) < 4.78 is 1.70. The van der Waals surface area contributed by atoms with Crippen molar-refractivity contribution in [1.82, 2.24) is 30.0 Å². The van der Waals surface area contributed by atoms with E-state index in [1.807, 2.05) is 20.2 Å². The smallest absolute Gasteiger partial charge is 0.263 e. The molecule has 1 amide bonds. The van der Waals surface area contributed by atoms with Crippen molar-refractivity contribution < 1.29 is 4.79 Å². The van der Waals surface area contributed by atoms with Gasteiger partial charge in [0.1, 0.15) is 4.88 Å². The van der Waals surface area contributed by atoms with Crippen LogP contribution in [0.5, 0.6) is 0 Å². The highest BCUT2D eigenvalue weighted by molar-refractivity contribution is 7.17. The first-order valence-corrected chi connectivity index (χ1v) is 7.45. The second-order valence-corrected chi connectivity index (χ2v) is 5.71. The summed E-state index contributed by atoms with van der Waals surface area (Å²) in [6, 6.07) is 1.74. The van der Waals surface area contributed by atoms with Crippen LogP contribution < -0.4 is 5.32 Å². The fourth-order valence-corrected chi connectivity index (χ4v) is 2.87. The Morgan fingerprint density at radius 2 is 2.14 bits per heavy atom. The van der Waals surface area contributed by atoms with Crippen LogP contribution in [-0.4, -0.2) is 30.6 Å². The van der Waals surface area contributed by atoms with E-state index in [-0.39, 0.29) is 5.91 Å². The first kappa shape index (κ1) is 14.3. The van der Waals surface area contributed by atoms with E-state index in [1.165, 1.54) is 11.3 Å². The third kappa shape index (κ3) is 3.01. The fraction of sp³-hybridized carbons (Fsp3) is 0.214. The molecule has 22 heavy (non-hydrogen) atoms. The number of aryl methyl sites for hydroxylation is 2. The Labute approximate surface area is 131 Å². The molecule has 0 saturated heterocycles. The van der Waals surface area contributed by atoms with Gasteiger partial charge in [0, 0.05) is 37.7 Å². The van der Waals surface area contributed by atoms with E-state index in [4.69, 9.17) is 0 Å². The SMILES string of the molecule is Cc1nc(-c2ncccn2)sc1C(=O)NCc1cnn(C)c1. The summed E-state index contributed by atoms with van der Waals surface area (Å²) in [7, 11) is 1.84. The molecule has 7 nitrogen and oxygen atoms in total. The quantitative estimate of drug-likeness (QED) is 0.790. The highest BCUT2D eigenvalue weighted by Gasteiger charge is 2.17. The molecule has 3 aromatic rings. The van der Waals surface area contributed by atoms with Gasteiger partial charge in [0.05, 0.1) is 11.9 Å².